The maximum Gasteiger partial charge on any atom is 0.403 e. The van der Waals surface area contributed by atoms with Crippen LogP contribution >= 0.6 is 7.60 Å². The van der Waals surface area contributed by atoms with Crippen molar-refractivity contribution in [2.45, 2.75) is 19.5 Å². The van der Waals surface area contributed by atoms with E-state index in [0.717, 1.165) is 0 Å². The van der Waals surface area contributed by atoms with Gasteiger partial charge in [-0.1, -0.05) is 36.4 Å². The van der Waals surface area contributed by atoms with Gasteiger partial charge in [-0.15, -0.1) is 0 Å². The highest BCUT2D eigenvalue weighted by Gasteiger charge is 2.51. The minimum absolute atomic E-state index is 0.105. The van der Waals surface area contributed by atoms with Crippen molar-refractivity contribution in [1.29, 1.82) is 0 Å². The summed E-state index contributed by atoms with van der Waals surface area (Å²) in [7, 11) is -4.48. The van der Waals surface area contributed by atoms with E-state index in [2.05, 4.69) is 9.05 Å². The lowest BCUT2D eigenvalue weighted by molar-refractivity contribution is 0.0800. The largest absolute Gasteiger partial charge is 0.403 e. The lowest BCUT2D eigenvalue weighted by Crippen LogP contribution is -2.17. The zero-order chi connectivity index (χ0) is 14.4. The second kappa shape index (κ2) is 6.94. The first-order valence-electron chi connectivity index (χ1n) is 5.96. The Bertz CT molecular complexity index is 450. The van der Waals surface area contributed by atoms with Crippen molar-refractivity contribution in [2.75, 3.05) is 13.2 Å². The molecule has 0 aliphatic carbocycles. The summed E-state index contributed by atoms with van der Waals surface area (Å²) in [5, 5.41) is 0. The fourth-order valence-corrected chi connectivity index (χ4v) is 2.76. The van der Waals surface area contributed by atoms with Crippen LogP contribution in [0.4, 0.5) is 8.78 Å². The first kappa shape index (κ1) is 16.0. The normalized spacial score (nSPS) is 13.1. The predicted molar refractivity (Wildman–Crippen MR) is 71.3 cm³/mol. The molecule has 0 radical (unpaired) electrons. The van der Waals surface area contributed by atoms with Crippen LogP contribution in [-0.2, 0) is 13.6 Å². The van der Waals surface area contributed by atoms with Gasteiger partial charge in [0.05, 0.1) is 13.2 Å². The van der Waals surface area contributed by atoms with Gasteiger partial charge in [0.1, 0.15) is 0 Å². The quantitative estimate of drug-likeness (QED) is 0.691. The first-order valence-corrected chi connectivity index (χ1v) is 7.50. The lowest BCUT2D eigenvalue weighted by Gasteiger charge is -2.23. The molecular weight excluding hydrogens is 273 g/mol. The highest BCUT2D eigenvalue weighted by Crippen LogP contribution is 2.62. The number of hydrogen-bond acceptors (Lipinski definition) is 3. The standard InChI is InChI=1S/C13H17F2O3P/c1-3-17-19(16,18-4-2)13(14,15)11-10-12-8-6-5-7-9-12/h5-11H,3-4H2,1-2H3/b11-10+. The topological polar surface area (TPSA) is 35.5 Å². The molecule has 1 aromatic carbocycles. The molecule has 6 heteroatoms. The molecule has 0 saturated carbocycles. The Morgan fingerprint density at radius 1 is 1.16 bits per heavy atom. The monoisotopic (exact) mass is 290 g/mol. The van der Waals surface area contributed by atoms with E-state index in [4.69, 9.17) is 0 Å². The first-order chi connectivity index (χ1) is 8.95. The molecule has 0 heterocycles. The van der Waals surface area contributed by atoms with Gasteiger partial charge in [-0.2, -0.15) is 8.78 Å². The summed E-state index contributed by atoms with van der Waals surface area (Å²) in [6.07, 6.45) is 1.76. The average molecular weight is 290 g/mol. The molecule has 106 valence electrons. The number of benzene rings is 1. The Hall–Kier alpha value is -1.03. The van der Waals surface area contributed by atoms with E-state index < -0.39 is 13.3 Å². The molecule has 0 amide bonds. The number of halogens is 2. The Morgan fingerprint density at radius 3 is 2.16 bits per heavy atom. The van der Waals surface area contributed by atoms with Crippen molar-refractivity contribution in [3.05, 3.63) is 42.0 Å². The summed E-state index contributed by atoms with van der Waals surface area (Å²) >= 11 is 0. The van der Waals surface area contributed by atoms with Gasteiger partial charge in [0, 0.05) is 0 Å². The summed E-state index contributed by atoms with van der Waals surface area (Å²) < 4.78 is 49.2. The molecule has 0 unspecified atom stereocenters. The van der Waals surface area contributed by atoms with Crippen molar-refractivity contribution in [3.63, 3.8) is 0 Å². The van der Waals surface area contributed by atoms with E-state index in [1.807, 2.05) is 0 Å². The molecule has 19 heavy (non-hydrogen) atoms. The fourth-order valence-electron chi connectivity index (χ4n) is 1.40. The zero-order valence-corrected chi connectivity index (χ0v) is 11.8. The smallest absolute Gasteiger partial charge is 0.304 e. The van der Waals surface area contributed by atoms with Gasteiger partial charge in [0.2, 0.25) is 0 Å². The van der Waals surface area contributed by atoms with Crippen LogP contribution in [0.3, 0.4) is 0 Å². The highest BCUT2D eigenvalue weighted by atomic mass is 31.2. The lowest BCUT2D eigenvalue weighted by atomic mass is 10.2. The number of alkyl halides is 2. The van der Waals surface area contributed by atoms with Crippen LogP contribution in [0.2, 0.25) is 0 Å². The summed E-state index contributed by atoms with van der Waals surface area (Å²) in [6.45, 7) is 2.77. The fraction of sp³-hybridized carbons (Fsp3) is 0.385. The molecule has 0 aliphatic heterocycles. The second-order valence-corrected chi connectivity index (χ2v) is 5.77. The maximum atomic E-state index is 13.9. The number of hydrogen-bond donors (Lipinski definition) is 0. The molecule has 0 N–H and O–H groups in total. The van der Waals surface area contributed by atoms with E-state index in [1.165, 1.54) is 19.9 Å². The van der Waals surface area contributed by atoms with E-state index >= 15 is 0 Å². The third kappa shape index (κ3) is 4.23. The molecule has 1 aromatic rings. The van der Waals surface area contributed by atoms with E-state index in [9.17, 15) is 13.3 Å². The molecule has 0 aromatic heterocycles. The second-order valence-electron chi connectivity index (χ2n) is 3.66. The van der Waals surface area contributed by atoms with Gasteiger partial charge in [-0.05, 0) is 25.5 Å². The minimum atomic E-state index is -4.48. The predicted octanol–water partition coefficient (Wildman–Crippen LogP) is 4.56. The molecule has 0 atom stereocenters. The van der Waals surface area contributed by atoms with Crippen LogP contribution < -0.4 is 0 Å². The third-order valence-corrected chi connectivity index (χ3v) is 4.31. The van der Waals surface area contributed by atoms with Crippen molar-refractivity contribution >= 4 is 13.7 Å². The van der Waals surface area contributed by atoms with Crippen molar-refractivity contribution < 1.29 is 22.4 Å². The molecule has 0 fully saturated rings. The van der Waals surface area contributed by atoms with Crippen LogP contribution in [0.25, 0.3) is 6.08 Å². The van der Waals surface area contributed by atoms with E-state index in [-0.39, 0.29) is 13.2 Å². The van der Waals surface area contributed by atoms with Crippen LogP contribution in [0.1, 0.15) is 19.4 Å². The van der Waals surface area contributed by atoms with Crippen molar-refractivity contribution in [3.8, 4) is 0 Å². The molecule has 0 bridgehead atoms. The minimum Gasteiger partial charge on any atom is -0.304 e. The average Bonchev–Trinajstić information content (AvgIpc) is 2.38. The Kier molecular flexibility index (Phi) is 5.85. The third-order valence-electron chi connectivity index (χ3n) is 2.24. The molecule has 0 spiro atoms. The molecule has 0 saturated heterocycles. The molecular formula is C13H17F2O3P. The zero-order valence-electron chi connectivity index (χ0n) is 10.9. The molecule has 3 nitrogen and oxygen atoms in total. The van der Waals surface area contributed by atoms with Gasteiger partial charge in [0.25, 0.3) is 0 Å². The summed E-state index contributed by atoms with van der Waals surface area (Å²) in [6, 6.07) is 8.56. The van der Waals surface area contributed by atoms with Gasteiger partial charge >= 0.3 is 13.3 Å². The van der Waals surface area contributed by atoms with Gasteiger partial charge in [-0.3, -0.25) is 4.57 Å². The summed E-state index contributed by atoms with van der Waals surface area (Å²) in [5.41, 5.74) is -3.07. The number of allylic oxidation sites excluding steroid dienone is 1. The van der Waals surface area contributed by atoms with Crippen LogP contribution in [0, 0.1) is 0 Å². The van der Waals surface area contributed by atoms with Gasteiger partial charge in [0.15, 0.2) is 0 Å². The van der Waals surface area contributed by atoms with Crippen molar-refractivity contribution in [1.82, 2.24) is 0 Å². The van der Waals surface area contributed by atoms with Crippen LogP contribution in [0.5, 0.6) is 0 Å². The van der Waals surface area contributed by atoms with E-state index in [1.54, 1.807) is 30.3 Å². The van der Waals surface area contributed by atoms with Gasteiger partial charge in [-0.25, -0.2) is 0 Å². The Morgan fingerprint density at radius 2 is 1.68 bits per heavy atom. The Balaban J connectivity index is 2.94. The molecule has 1 rings (SSSR count). The maximum absolute atomic E-state index is 13.9. The van der Waals surface area contributed by atoms with E-state index in [0.29, 0.717) is 11.6 Å². The number of rotatable bonds is 7. The SMILES string of the molecule is CCOP(=O)(OCC)C(F)(F)/C=C/c1ccccc1. The Labute approximate surface area is 111 Å². The summed E-state index contributed by atoms with van der Waals surface area (Å²) in [4.78, 5) is 0. The van der Waals surface area contributed by atoms with Crippen LogP contribution in [0.15, 0.2) is 36.4 Å². The molecule has 0 aliphatic rings. The van der Waals surface area contributed by atoms with Crippen molar-refractivity contribution in [2.24, 2.45) is 0 Å². The van der Waals surface area contributed by atoms with Gasteiger partial charge < -0.3 is 9.05 Å². The summed E-state index contributed by atoms with van der Waals surface area (Å²) in [5.74, 6) is 0. The highest BCUT2D eigenvalue weighted by molar-refractivity contribution is 7.55. The van der Waals surface area contributed by atoms with Crippen LogP contribution in [-0.4, -0.2) is 18.9 Å².